The van der Waals surface area contributed by atoms with Gasteiger partial charge in [0.05, 0.1) is 12.5 Å². The zero-order valence-electron chi connectivity index (χ0n) is 8.70. The van der Waals surface area contributed by atoms with Crippen molar-refractivity contribution in [1.29, 1.82) is 0 Å². The molecule has 0 aromatic rings. The van der Waals surface area contributed by atoms with E-state index >= 15 is 0 Å². The molecule has 0 aliphatic heterocycles. The maximum atomic E-state index is 5.64. The molecule has 4 nitrogen and oxygen atoms in total. The topological polar surface area (TPSA) is 70.5 Å². The minimum atomic E-state index is -0.314. The van der Waals surface area contributed by atoms with Gasteiger partial charge in [-0.05, 0) is 25.7 Å². The summed E-state index contributed by atoms with van der Waals surface area (Å²) in [7, 11) is 1.25. The van der Waals surface area contributed by atoms with Crippen molar-refractivity contribution in [3.8, 4) is 0 Å². The first-order chi connectivity index (χ1) is 7.20. The van der Waals surface area contributed by atoms with Crippen LogP contribution in [0.1, 0.15) is 25.7 Å². The maximum absolute atomic E-state index is 5.64. The second-order valence-electron chi connectivity index (χ2n) is 3.11. The van der Waals surface area contributed by atoms with E-state index in [0.717, 1.165) is 36.3 Å². The van der Waals surface area contributed by atoms with Gasteiger partial charge in [0.2, 0.25) is 0 Å². The van der Waals surface area contributed by atoms with Gasteiger partial charge in [0.15, 0.2) is 0 Å². The summed E-state index contributed by atoms with van der Waals surface area (Å²) in [4.78, 5) is 0. The van der Waals surface area contributed by atoms with Crippen LogP contribution in [0.2, 0.25) is 0 Å². The molecule has 0 aliphatic rings. The van der Waals surface area contributed by atoms with Gasteiger partial charge < -0.3 is 20.8 Å². The maximum Gasteiger partial charge on any atom is 0.490 e. The summed E-state index contributed by atoms with van der Waals surface area (Å²) in [6.45, 7) is 0. The summed E-state index contributed by atoms with van der Waals surface area (Å²) in [6, 6.07) is 0. The van der Waals surface area contributed by atoms with Gasteiger partial charge in [0, 0.05) is 10.7 Å². The van der Waals surface area contributed by atoms with E-state index in [4.69, 9.17) is 20.8 Å². The van der Waals surface area contributed by atoms with E-state index < -0.39 is 0 Å². The SMILES string of the molecule is NC(CCCBr)O[B]OC(N)CCCBr. The fourth-order valence-electron chi connectivity index (χ4n) is 0.868. The molecule has 0 aromatic heterocycles. The number of rotatable bonds is 10. The van der Waals surface area contributed by atoms with E-state index in [1.54, 1.807) is 0 Å². The first kappa shape index (κ1) is 15.9. The molecular weight excluding hydrogens is 327 g/mol. The highest BCUT2D eigenvalue weighted by Crippen LogP contribution is 2.01. The Morgan fingerprint density at radius 2 is 1.33 bits per heavy atom. The molecule has 0 saturated carbocycles. The van der Waals surface area contributed by atoms with E-state index in [-0.39, 0.29) is 12.5 Å². The number of halogens is 2. The van der Waals surface area contributed by atoms with Crippen LogP contribution in [0.15, 0.2) is 0 Å². The fourth-order valence-corrected chi connectivity index (χ4v) is 1.52. The molecule has 0 amide bonds. The molecule has 0 spiro atoms. The Balaban J connectivity index is 3.27. The smallest absolute Gasteiger partial charge is 0.398 e. The highest BCUT2D eigenvalue weighted by molar-refractivity contribution is 9.09. The molecule has 7 heteroatoms. The lowest BCUT2D eigenvalue weighted by Crippen LogP contribution is -2.32. The minimum Gasteiger partial charge on any atom is -0.398 e. The van der Waals surface area contributed by atoms with Gasteiger partial charge in [-0.2, -0.15) is 0 Å². The Morgan fingerprint density at radius 1 is 0.933 bits per heavy atom. The van der Waals surface area contributed by atoms with Crippen LogP contribution in [0.25, 0.3) is 0 Å². The van der Waals surface area contributed by atoms with Gasteiger partial charge in [0.25, 0.3) is 0 Å². The molecular formula is C8H18BBr2N2O2. The van der Waals surface area contributed by atoms with Crippen molar-refractivity contribution in [2.24, 2.45) is 11.5 Å². The van der Waals surface area contributed by atoms with E-state index in [2.05, 4.69) is 31.9 Å². The summed E-state index contributed by atoms with van der Waals surface area (Å²) in [5.41, 5.74) is 11.3. The van der Waals surface area contributed by atoms with E-state index in [9.17, 15) is 0 Å². The molecule has 0 saturated heterocycles. The van der Waals surface area contributed by atoms with E-state index in [0.29, 0.717) is 0 Å². The Bertz CT molecular complexity index is 132. The third kappa shape index (κ3) is 11.1. The predicted molar refractivity (Wildman–Crippen MR) is 69.9 cm³/mol. The molecule has 15 heavy (non-hydrogen) atoms. The molecule has 1 radical (unpaired) electrons. The Labute approximate surface area is 109 Å². The molecule has 0 bridgehead atoms. The number of alkyl halides is 2. The molecule has 0 fully saturated rings. The van der Waals surface area contributed by atoms with Crippen molar-refractivity contribution < 1.29 is 9.31 Å². The Kier molecular flexibility index (Phi) is 12.0. The lowest BCUT2D eigenvalue weighted by atomic mass is 10.2. The van der Waals surface area contributed by atoms with Gasteiger partial charge in [-0.25, -0.2) is 0 Å². The monoisotopic (exact) mass is 343 g/mol. The standard InChI is InChI=1S/C8H18BBr2N2O2/c10-5-1-3-7(12)14-9-15-8(13)4-2-6-11/h7-8H,1-6,12-13H2. The van der Waals surface area contributed by atoms with Gasteiger partial charge in [0.1, 0.15) is 0 Å². The number of hydrogen-bond donors (Lipinski definition) is 2. The molecule has 0 aliphatic carbocycles. The second kappa shape index (κ2) is 11.4. The quantitative estimate of drug-likeness (QED) is 0.358. The van der Waals surface area contributed by atoms with Crippen LogP contribution in [0, 0.1) is 0 Å². The van der Waals surface area contributed by atoms with Crippen LogP contribution < -0.4 is 11.5 Å². The van der Waals surface area contributed by atoms with Gasteiger partial charge in [-0.1, -0.05) is 31.9 Å². The van der Waals surface area contributed by atoms with Crippen LogP contribution in [-0.2, 0) is 9.31 Å². The number of hydrogen-bond acceptors (Lipinski definition) is 4. The molecule has 0 rings (SSSR count). The average Bonchev–Trinajstić information content (AvgIpc) is 2.23. The molecule has 2 atom stereocenters. The largest absolute Gasteiger partial charge is 0.490 e. The molecule has 0 heterocycles. The van der Waals surface area contributed by atoms with Crippen molar-refractivity contribution in [2.45, 2.75) is 38.1 Å². The van der Waals surface area contributed by atoms with Crippen molar-refractivity contribution in [3.05, 3.63) is 0 Å². The Morgan fingerprint density at radius 3 is 1.67 bits per heavy atom. The Hall–Kier alpha value is 0.865. The minimum absolute atomic E-state index is 0.314. The highest BCUT2D eigenvalue weighted by atomic mass is 79.9. The summed E-state index contributed by atoms with van der Waals surface area (Å²) in [5, 5.41) is 1.85. The summed E-state index contributed by atoms with van der Waals surface area (Å²) in [6.07, 6.45) is 2.91. The second-order valence-corrected chi connectivity index (χ2v) is 4.69. The first-order valence-electron chi connectivity index (χ1n) is 4.96. The number of nitrogens with two attached hydrogens (primary N) is 2. The van der Waals surface area contributed by atoms with Crippen LogP contribution in [0.3, 0.4) is 0 Å². The lowest BCUT2D eigenvalue weighted by Gasteiger charge is -2.14. The molecule has 2 unspecified atom stereocenters. The van der Waals surface area contributed by atoms with Crippen LogP contribution in [-0.4, -0.2) is 30.8 Å². The van der Waals surface area contributed by atoms with Gasteiger partial charge in [-0.15, -0.1) is 0 Å². The van der Waals surface area contributed by atoms with Crippen LogP contribution in [0.4, 0.5) is 0 Å². The van der Waals surface area contributed by atoms with Crippen molar-refractivity contribution in [3.63, 3.8) is 0 Å². The van der Waals surface area contributed by atoms with Gasteiger partial charge >= 0.3 is 7.69 Å². The summed E-state index contributed by atoms with van der Waals surface area (Å²) in [5.74, 6) is 0. The average molecular weight is 345 g/mol. The van der Waals surface area contributed by atoms with Crippen molar-refractivity contribution >= 4 is 39.5 Å². The third-order valence-corrected chi connectivity index (χ3v) is 2.83. The van der Waals surface area contributed by atoms with E-state index in [1.165, 1.54) is 7.69 Å². The normalized spacial score (nSPS) is 14.9. The predicted octanol–water partition coefficient (Wildman–Crippen LogP) is 1.47. The van der Waals surface area contributed by atoms with Gasteiger partial charge in [-0.3, -0.25) is 0 Å². The molecule has 89 valence electrons. The van der Waals surface area contributed by atoms with E-state index in [1.807, 2.05) is 0 Å². The van der Waals surface area contributed by atoms with Crippen molar-refractivity contribution in [2.75, 3.05) is 10.7 Å². The molecule has 4 N–H and O–H groups in total. The third-order valence-electron chi connectivity index (χ3n) is 1.71. The zero-order chi connectivity index (χ0) is 11.5. The highest BCUT2D eigenvalue weighted by Gasteiger charge is 2.07. The fraction of sp³-hybridized carbons (Fsp3) is 1.00. The molecule has 0 aromatic carbocycles. The first-order valence-corrected chi connectivity index (χ1v) is 7.20. The van der Waals surface area contributed by atoms with Crippen LogP contribution in [0.5, 0.6) is 0 Å². The van der Waals surface area contributed by atoms with Crippen LogP contribution >= 0.6 is 31.9 Å². The van der Waals surface area contributed by atoms with Crippen molar-refractivity contribution in [1.82, 2.24) is 0 Å². The summed E-state index contributed by atoms with van der Waals surface area (Å²) < 4.78 is 10.2. The zero-order valence-corrected chi connectivity index (χ0v) is 11.9. The summed E-state index contributed by atoms with van der Waals surface area (Å²) >= 11 is 6.64. The lowest BCUT2D eigenvalue weighted by molar-refractivity contribution is 0.115.